The van der Waals surface area contributed by atoms with Gasteiger partial charge in [0.25, 0.3) is 0 Å². The number of fused-ring (bicyclic) bond motifs is 5. The molecule has 4 nitrogen and oxygen atoms in total. The lowest BCUT2D eigenvalue weighted by molar-refractivity contribution is -0.00616. The molecular formula is C17H22N2O2. The molecule has 1 aromatic carbocycles. The fraction of sp³-hybridized carbons (Fsp3) is 0.529. The highest BCUT2D eigenvalue weighted by Gasteiger charge is 2.41. The predicted octanol–water partition coefficient (Wildman–Crippen LogP) is 3.09. The van der Waals surface area contributed by atoms with E-state index in [4.69, 9.17) is 9.47 Å². The molecule has 0 spiro atoms. The van der Waals surface area contributed by atoms with Gasteiger partial charge in [-0.15, -0.1) is 0 Å². The molecule has 112 valence electrons. The van der Waals surface area contributed by atoms with Crippen molar-refractivity contribution >= 4 is 10.9 Å². The monoisotopic (exact) mass is 286 g/mol. The van der Waals surface area contributed by atoms with E-state index < -0.39 is 0 Å². The van der Waals surface area contributed by atoms with E-state index in [0.717, 1.165) is 25.3 Å². The van der Waals surface area contributed by atoms with Crippen molar-refractivity contribution in [1.82, 2.24) is 9.88 Å². The molecule has 1 N–H and O–H groups in total. The summed E-state index contributed by atoms with van der Waals surface area (Å²) in [4.78, 5) is 6.13. The minimum atomic E-state index is 0.254. The summed E-state index contributed by atoms with van der Waals surface area (Å²) in [6, 6.07) is 6.66. The zero-order valence-corrected chi connectivity index (χ0v) is 12.8. The molecule has 21 heavy (non-hydrogen) atoms. The fourth-order valence-corrected chi connectivity index (χ4v) is 3.84. The number of aromatic nitrogens is 1. The lowest BCUT2D eigenvalue weighted by Crippen LogP contribution is -2.40. The van der Waals surface area contributed by atoms with Crippen LogP contribution in [0, 0.1) is 5.92 Å². The molecule has 1 saturated heterocycles. The first kappa shape index (κ1) is 13.2. The number of H-pyrrole nitrogens is 1. The minimum absolute atomic E-state index is 0.254. The van der Waals surface area contributed by atoms with Gasteiger partial charge < -0.3 is 14.5 Å². The quantitative estimate of drug-likeness (QED) is 0.922. The first-order valence-corrected chi connectivity index (χ1v) is 7.75. The van der Waals surface area contributed by atoms with Gasteiger partial charge in [-0.2, -0.15) is 0 Å². The number of benzene rings is 1. The SMILES string of the molecule is COc1ccc2[nH]c3c(c2c1)CCN1C3COC1C(C)C. The Morgan fingerprint density at radius 3 is 3.00 bits per heavy atom. The number of rotatable bonds is 2. The number of hydrogen-bond acceptors (Lipinski definition) is 3. The van der Waals surface area contributed by atoms with Gasteiger partial charge in [-0.3, -0.25) is 4.90 Å². The molecule has 0 saturated carbocycles. The smallest absolute Gasteiger partial charge is 0.119 e. The lowest BCUT2D eigenvalue weighted by Gasteiger charge is -2.33. The van der Waals surface area contributed by atoms with E-state index in [9.17, 15) is 0 Å². The molecule has 2 aliphatic rings. The van der Waals surface area contributed by atoms with Gasteiger partial charge in [0.1, 0.15) is 12.0 Å². The lowest BCUT2D eigenvalue weighted by atomic mass is 9.97. The van der Waals surface area contributed by atoms with Crippen molar-refractivity contribution in [3.8, 4) is 5.75 Å². The number of nitrogens with zero attached hydrogens (tertiary/aromatic N) is 1. The number of nitrogens with one attached hydrogen (secondary N) is 1. The predicted molar refractivity (Wildman–Crippen MR) is 82.6 cm³/mol. The highest BCUT2D eigenvalue weighted by Crippen LogP contribution is 2.41. The average molecular weight is 286 g/mol. The van der Waals surface area contributed by atoms with Crippen LogP contribution >= 0.6 is 0 Å². The zero-order chi connectivity index (χ0) is 14.6. The molecule has 0 bridgehead atoms. The second-order valence-electron chi connectivity index (χ2n) is 6.40. The summed E-state index contributed by atoms with van der Waals surface area (Å²) in [6.45, 7) is 6.34. The Morgan fingerprint density at radius 2 is 2.24 bits per heavy atom. The van der Waals surface area contributed by atoms with Gasteiger partial charge in [0.05, 0.1) is 19.8 Å². The van der Waals surface area contributed by atoms with Crippen molar-refractivity contribution in [3.63, 3.8) is 0 Å². The molecule has 0 amide bonds. The molecule has 3 heterocycles. The van der Waals surface area contributed by atoms with Crippen LogP contribution in [0.5, 0.6) is 5.75 Å². The second-order valence-corrected chi connectivity index (χ2v) is 6.40. The summed E-state index contributed by atoms with van der Waals surface area (Å²) in [7, 11) is 1.72. The van der Waals surface area contributed by atoms with E-state index >= 15 is 0 Å². The van der Waals surface area contributed by atoms with E-state index in [1.165, 1.54) is 22.2 Å². The van der Waals surface area contributed by atoms with Crippen LogP contribution in [0.2, 0.25) is 0 Å². The zero-order valence-electron chi connectivity index (χ0n) is 12.8. The molecule has 4 heteroatoms. The summed E-state index contributed by atoms with van der Waals surface area (Å²) < 4.78 is 11.4. The van der Waals surface area contributed by atoms with Crippen molar-refractivity contribution in [2.45, 2.75) is 32.5 Å². The standard InChI is InChI=1S/C17H22N2O2/c1-10(2)17-19-7-6-12-13-8-11(20-3)4-5-14(13)18-16(12)15(19)9-21-17/h4-5,8,10,15,17-18H,6-7,9H2,1-3H3. The fourth-order valence-electron chi connectivity index (χ4n) is 3.84. The Bertz CT molecular complexity index is 677. The highest BCUT2D eigenvalue weighted by atomic mass is 16.5. The van der Waals surface area contributed by atoms with Crippen molar-refractivity contribution in [1.29, 1.82) is 0 Å². The van der Waals surface area contributed by atoms with Crippen LogP contribution in [0.1, 0.15) is 31.1 Å². The normalized spacial score (nSPS) is 25.3. The first-order chi connectivity index (χ1) is 10.2. The summed E-state index contributed by atoms with van der Waals surface area (Å²) in [6.07, 6.45) is 1.33. The second kappa shape index (κ2) is 4.75. The third-order valence-electron chi connectivity index (χ3n) is 4.82. The molecule has 2 unspecified atom stereocenters. The molecule has 0 radical (unpaired) electrons. The van der Waals surface area contributed by atoms with Gasteiger partial charge in [0.15, 0.2) is 0 Å². The van der Waals surface area contributed by atoms with Gasteiger partial charge in [-0.1, -0.05) is 13.8 Å². The third-order valence-corrected chi connectivity index (χ3v) is 4.82. The molecule has 4 rings (SSSR count). The Labute approximate surface area is 125 Å². The van der Waals surface area contributed by atoms with E-state index in [-0.39, 0.29) is 6.23 Å². The molecule has 2 atom stereocenters. The third kappa shape index (κ3) is 1.89. The molecule has 1 aromatic heterocycles. The van der Waals surface area contributed by atoms with Crippen molar-refractivity contribution in [2.24, 2.45) is 5.92 Å². The maximum atomic E-state index is 6.04. The van der Waals surface area contributed by atoms with Gasteiger partial charge in [-0.25, -0.2) is 0 Å². The van der Waals surface area contributed by atoms with Gasteiger partial charge >= 0.3 is 0 Å². The van der Waals surface area contributed by atoms with Crippen LogP contribution in [0.15, 0.2) is 18.2 Å². The Kier molecular flexibility index (Phi) is 2.98. The van der Waals surface area contributed by atoms with Gasteiger partial charge in [-0.05, 0) is 36.1 Å². The molecular weight excluding hydrogens is 264 g/mol. The maximum absolute atomic E-state index is 6.04. The van der Waals surface area contributed by atoms with Crippen LogP contribution in [0.25, 0.3) is 10.9 Å². The summed E-state index contributed by atoms with van der Waals surface area (Å²) in [5.74, 6) is 1.45. The largest absolute Gasteiger partial charge is 0.497 e. The summed E-state index contributed by atoms with van der Waals surface area (Å²) in [5, 5.41) is 1.30. The first-order valence-electron chi connectivity index (χ1n) is 7.75. The summed E-state index contributed by atoms with van der Waals surface area (Å²) >= 11 is 0. The van der Waals surface area contributed by atoms with E-state index in [2.05, 4.69) is 35.9 Å². The van der Waals surface area contributed by atoms with Crippen molar-refractivity contribution in [2.75, 3.05) is 20.3 Å². The van der Waals surface area contributed by atoms with E-state index in [0.29, 0.717) is 12.0 Å². The number of hydrogen-bond donors (Lipinski definition) is 1. The Hall–Kier alpha value is -1.52. The Morgan fingerprint density at radius 1 is 1.38 bits per heavy atom. The molecule has 2 aromatic rings. The molecule has 2 aliphatic heterocycles. The number of methoxy groups -OCH3 is 1. The van der Waals surface area contributed by atoms with E-state index in [1.807, 2.05) is 6.07 Å². The molecule has 1 fully saturated rings. The summed E-state index contributed by atoms with van der Waals surface area (Å²) in [5.41, 5.74) is 3.99. The number of aromatic amines is 1. The Balaban J connectivity index is 1.79. The van der Waals surface area contributed by atoms with Crippen LogP contribution in [0.4, 0.5) is 0 Å². The van der Waals surface area contributed by atoms with Crippen LogP contribution in [-0.2, 0) is 11.2 Å². The van der Waals surface area contributed by atoms with Crippen LogP contribution < -0.4 is 4.74 Å². The van der Waals surface area contributed by atoms with Gasteiger partial charge in [0.2, 0.25) is 0 Å². The van der Waals surface area contributed by atoms with Crippen molar-refractivity contribution in [3.05, 3.63) is 29.5 Å². The van der Waals surface area contributed by atoms with Crippen LogP contribution in [0.3, 0.4) is 0 Å². The van der Waals surface area contributed by atoms with Crippen LogP contribution in [-0.4, -0.2) is 36.4 Å². The minimum Gasteiger partial charge on any atom is -0.497 e. The van der Waals surface area contributed by atoms with Crippen molar-refractivity contribution < 1.29 is 9.47 Å². The van der Waals surface area contributed by atoms with E-state index in [1.54, 1.807) is 7.11 Å². The maximum Gasteiger partial charge on any atom is 0.119 e. The number of ether oxygens (including phenoxy) is 2. The average Bonchev–Trinajstić information content (AvgIpc) is 3.07. The topological polar surface area (TPSA) is 37.5 Å². The highest BCUT2D eigenvalue weighted by molar-refractivity contribution is 5.86. The van der Waals surface area contributed by atoms with Gasteiger partial charge in [0, 0.05) is 23.1 Å². The molecule has 0 aliphatic carbocycles.